The van der Waals surface area contributed by atoms with Gasteiger partial charge in [-0.25, -0.2) is 14.2 Å². The Morgan fingerprint density at radius 2 is 1.88 bits per heavy atom. The minimum atomic E-state index is -4.65. The SMILES string of the molecule is O=C1CCC(N2Cc3ccc(CNC(=O)OC4CC(n5c(C(F)(F)F)nc6ccccc65)C4)c(F)c3C2=O)C(=O)N1. The molecule has 0 bridgehead atoms. The molecule has 41 heavy (non-hydrogen) atoms. The Morgan fingerprint density at radius 3 is 2.61 bits per heavy atom. The smallest absolute Gasteiger partial charge is 0.446 e. The maximum atomic E-state index is 15.3. The number of aromatic nitrogens is 2. The number of carbonyl (C=O) groups excluding carboxylic acids is 4. The van der Waals surface area contributed by atoms with Crippen LogP contribution in [0.3, 0.4) is 0 Å². The van der Waals surface area contributed by atoms with Crippen LogP contribution in [0.1, 0.15) is 59.0 Å². The van der Waals surface area contributed by atoms with E-state index in [2.05, 4.69) is 15.6 Å². The molecule has 2 aliphatic heterocycles. The summed E-state index contributed by atoms with van der Waals surface area (Å²) in [7, 11) is 0. The lowest BCUT2D eigenvalue weighted by Gasteiger charge is -2.36. The number of hydrogen-bond donors (Lipinski definition) is 2. The summed E-state index contributed by atoms with van der Waals surface area (Å²) in [5.74, 6) is -3.56. The molecule has 0 spiro atoms. The highest BCUT2D eigenvalue weighted by atomic mass is 19.4. The number of fused-ring (bicyclic) bond motifs is 2. The van der Waals surface area contributed by atoms with Crippen LogP contribution in [0.15, 0.2) is 36.4 Å². The van der Waals surface area contributed by atoms with Gasteiger partial charge in [0.05, 0.1) is 16.6 Å². The normalized spacial score (nSPS) is 22.4. The molecule has 0 radical (unpaired) electrons. The van der Waals surface area contributed by atoms with Gasteiger partial charge in [0.1, 0.15) is 18.0 Å². The van der Waals surface area contributed by atoms with E-state index >= 15 is 4.39 Å². The fraction of sp³-hybridized carbons (Fsp3) is 0.370. The molecule has 1 unspecified atom stereocenters. The summed E-state index contributed by atoms with van der Waals surface area (Å²) in [6.45, 7) is -0.289. The molecule has 6 rings (SSSR count). The van der Waals surface area contributed by atoms with Crippen molar-refractivity contribution in [3.63, 3.8) is 0 Å². The van der Waals surface area contributed by atoms with Gasteiger partial charge >= 0.3 is 12.3 Å². The molecule has 14 heteroatoms. The number of imide groups is 1. The Morgan fingerprint density at radius 1 is 1.12 bits per heavy atom. The first-order valence-corrected chi connectivity index (χ1v) is 12.9. The van der Waals surface area contributed by atoms with Crippen LogP contribution in [0.2, 0.25) is 0 Å². The van der Waals surface area contributed by atoms with E-state index in [1.165, 1.54) is 23.1 Å². The predicted octanol–water partition coefficient (Wildman–Crippen LogP) is 3.59. The van der Waals surface area contributed by atoms with Crippen molar-refractivity contribution < 1.29 is 41.5 Å². The van der Waals surface area contributed by atoms with E-state index in [4.69, 9.17) is 4.74 Å². The second-order valence-corrected chi connectivity index (χ2v) is 10.3. The van der Waals surface area contributed by atoms with Crippen molar-refractivity contribution in [3.05, 3.63) is 64.7 Å². The van der Waals surface area contributed by atoms with E-state index in [-0.39, 0.29) is 55.4 Å². The Hall–Kier alpha value is -4.49. The first-order chi connectivity index (χ1) is 19.5. The van der Waals surface area contributed by atoms with Crippen LogP contribution in [0.4, 0.5) is 22.4 Å². The van der Waals surface area contributed by atoms with Crippen LogP contribution in [-0.4, -0.2) is 50.4 Å². The quantitative estimate of drug-likeness (QED) is 0.356. The number of benzene rings is 2. The summed E-state index contributed by atoms with van der Waals surface area (Å²) < 4.78 is 62.5. The highest BCUT2D eigenvalue weighted by Gasteiger charge is 2.44. The topological polar surface area (TPSA) is 123 Å². The van der Waals surface area contributed by atoms with Crippen molar-refractivity contribution in [1.29, 1.82) is 0 Å². The van der Waals surface area contributed by atoms with Gasteiger partial charge in [-0.2, -0.15) is 13.2 Å². The van der Waals surface area contributed by atoms with Gasteiger partial charge in [-0.3, -0.25) is 19.7 Å². The Kier molecular flexibility index (Phi) is 6.42. The van der Waals surface area contributed by atoms with E-state index < -0.39 is 59.8 Å². The van der Waals surface area contributed by atoms with Crippen LogP contribution in [-0.2, 0) is 33.6 Å². The Labute approximate surface area is 229 Å². The molecule has 3 aromatic rings. The highest BCUT2D eigenvalue weighted by Crippen LogP contribution is 2.41. The molecule has 1 saturated carbocycles. The lowest BCUT2D eigenvalue weighted by molar-refractivity contribution is -0.149. The number of para-hydroxylation sites is 2. The van der Waals surface area contributed by atoms with Gasteiger partial charge in [-0.1, -0.05) is 24.3 Å². The first-order valence-electron chi connectivity index (χ1n) is 12.9. The molecular formula is C27H23F4N5O5. The number of halogens is 4. The fourth-order valence-corrected chi connectivity index (χ4v) is 5.61. The summed E-state index contributed by atoms with van der Waals surface area (Å²) >= 11 is 0. The molecule has 1 saturated heterocycles. The fourth-order valence-electron chi connectivity index (χ4n) is 5.61. The number of hydrogen-bond acceptors (Lipinski definition) is 6. The van der Waals surface area contributed by atoms with Crippen molar-refractivity contribution in [2.45, 2.75) is 63.1 Å². The summed E-state index contributed by atoms with van der Waals surface area (Å²) in [6.07, 6.45) is -5.66. The van der Waals surface area contributed by atoms with Gasteiger partial charge < -0.3 is 19.5 Å². The minimum Gasteiger partial charge on any atom is -0.446 e. The van der Waals surface area contributed by atoms with E-state index in [0.29, 0.717) is 11.1 Å². The van der Waals surface area contributed by atoms with Crippen LogP contribution < -0.4 is 10.6 Å². The van der Waals surface area contributed by atoms with E-state index in [1.807, 2.05) is 0 Å². The number of piperidine rings is 1. The average molecular weight is 574 g/mol. The molecule has 2 fully saturated rings. The van der Waals surface area contributed by atoms with Crippen LogP contribution in [0.5, 0.6) is 0 Å². The third-order valence-corrected chi connectivity index (χ3v) is 7.69. The zero-order chi connectivity index (χ0) is 29.1. The molecule has 3 heterocycles. The molecular weight excluding hydrogens is 550 g/mol. The van der Waals surface area contributed by atoms with Crippen molar-refractivity contribution >= 4 is 34.8 Å². The summed E-state index contributed by atoms with van der Waals surface area (Å²) in [4.78, 5) is 53.9. The average Bonchev–Trinajstić information content (AvgIpc) is 3.44. The maximum Gasteiger partial charge on any atom is 0.449 e. The van der Waals surface area contributed by atoms with Crippen molar-refractivity contribution in [1.82, 2.24) is 25.1 Å². The van der Waals surface area contributed by atoms with Crippen molar-refractivity contribution in [2.75, 3.05) is 0 Å². The van der Waals surface area contributed by atoms with Crippen molar-refractivity contribution in [2.24, 2.45) is 0 Å². The number of rotatable bonds is 5. The molecule has 10 nitrogen and oxygen atoms in total. The van der Waals surface area contributed by atoms with Gasteiger partial charge in [0.2, 0.25) is 17.6 Å². The standard InChI is InChI=1S/C27H23F4N5O5/c28-22-13(5-6-14-12-35(24(39)21(14)22)19-7-8-20(37)34-23(19)38)11-32-26(40)41-16-9-15(10-16)36-18-4-2-1-3-17(18)33-25(36)27(29,30)31/h1-6,15-16,19H,7-12H2,(H,32,40)(H,34,37,38). The van der Waals surface area contributed by atoms with E-state index in [0.717, 1.165) is 4.57 Å². The second kappa shape index (κ2) is 9.85. The molecule has 1 aromatic heterocycles. The zero-order valence-corrected chi connectivity index (χ0v) is 21.3. The molecule has 3 aliphatic rings. The summed E-state index contributed by atoms with van der Waals surface area (Å²) in [5, 5.41) is 4.60. The largest absolute Gasteiger partial charge is 0.449 e. The van der Waals surface area contributed by atoms with Gasteiger partial charge in [-0.15, -0.1) is 0 Å². The van der Waals surface area contributed by atoms with Crippen LogP contribution in [0, 0.1) is 5.82 Å². The number of ether oxygens (including phenoxy) is 1. The number of alkyl carbamates (subject to hydrolysis) is 1. The minimum absolute atomic E-state index is 0.0121. The van der Waals surface area contributed by atoms with Crippen molar-refractivity contribution in [3.8, 4) is 0 Å². The second-order valence-electron chi connectivity index (χ2n) is 10.3. The van der Waals surface area contributed by atoms with Gasteiger partial charge in [0.15, 0.2) is 0 Å². The highest BCUT2D eigenvalue weighted by molar-refractivity contribution is 6.05. The molecule has 2 aromatic carbocycles. The molecule has 1 atom stereocenters. The third kappa shape index (κ3) is 4.76. The van der Waals surface area contributed by atoms with Crippen LogP contribution in [0.25, 0.3) is 11.0 Å². The predicted molar refractivity (Wildman–Crippen MR) is 133 cm³/mol. The first kappa shape index (κ1) is 26.7. The van der Waals surface area contributed by atoms with Gasteiger partial charge in [0, 0.05) is 44.0 Å². The van der Waals surface area contributed by atoms with E-state index in [1.54, 1.807) is 18.2 Å². The number of imidazole rings is 1. The zero-order valence-electron chi connectivity index (χ0n) is 21.3. The van der Waals surface area contributed by atoms with Gasteiger partial charge in [0.25, 0.3) is 5.91 Å². The lowest BCUT2D eigenvalue weighted by Crippen LogP contribution is -2.52. The third-order valence-electron chi connectivity index (χ3n) is 7.69. The Balaban J connectivity index is 1.06. The monoisotopic (exact) mass is 573 g/mol. The summed E-state index contributed by atoms with van der Waals surface area (Å²) in [5.41, 5.74) is 0.763. The molecule has 214 valence electrons. The number of nitrogens with zero attached hydrogens (tertiary/aromatic N) is 3. The molecule has 2 N–H and O–H groups in total. The lowest BCUT2D eigenvalue weighted by atomic mass is 9.88. The Bertz CT molecular complexity index is 1600. The molecule has 1 aliphatic carbocycles. The maximum absolute atomic E-state index is 15.3. The summed E-state index contributed by atoms with van der Waals surface area (Å²) in [6, 6.07) is 7.78. The van der Waals surface area contributed by atoms with E-state index in [9.17, 15) is 32.3 Å². The number of amides is 4. The number of carbonyl (C=O) groups is 4. The van der Waals surface area contributed by atoms with Gasteiger partial charge in [-0.05, 0) is 24.1 Å². The molecule has 4 amide bonds. The van der Waals surface area contributed by atoms with Crippen LogP contribution >= 0.6 is 0 Å². The number of alkyl halides is 3. The number of nitrogens with one attached hydrogen (secondary N) is 2.